The number of anilines is 1. The van der Waals surface area contributed by atoms with Crippen LogP contribution in [0.3, 0.4) is 0 Å². The first-order chi connectivity index (χ1) is 8.00. The quantitative estimate of drug-likeness (QED) is 0.807. The van der Waals surface area contributed by atoms with Crippen LogP contribution in [-0.4, -0.2) is 16.1 Å². The van der Waals surface area contributed by atoms with Gasteiger partial charge in [0.15, 0.2) is 5.11 Å². The molecule has 0 aliphatic heterocycles. The summed E-state index contributed by atoms with van der Waals surface area (Å²) < 4.78 is 0. The number of nitrogens with zero attached hydrogens (tertiary/aromatic N) is 1. The number of rotatable bonds is 4. The minimum atomic E-state index is 0.381. The average Bonchev–Trinajstić information content (AvgIpc) is 2.26. The van der Waals surface area contributed by atoms with Crippen LogP contribution in [0.15, 0.2) is 24.5 Å². The smallest absolute Gasteiger partial charge is 0.171 e. The van der Waals surface area contributed by atoms with Crippen LogP contribution in [-0.2, 0) is 0 Å². The molecule has 1 aromatic heterocycles. The summed E-state index contributed by atoms with van der Waals surface area (Å²) >= 11 is 5.30. The Kier molecular flexibility index (Phi) is 5.35. The molecule has 1 heterocycles. The van der Waals surface area contributed by atoms with E-state index >= 15 is 0 Å². The van der Waals surface area contributed by atoms with E-state index in [0.717, 1.165) is 5.69 Å². The van der Waals surface area contributed by atoms with Gasteiger partial charge in [-0.1, -0.05) is 27.7 Å². The monoisotopic (exact) mass is 251 g/mol. The molecule has 0 unspecified atom stereocenters. The first-order valence-electron chi connectivity index (χ1n) is 5.98. The van der Waals surface area contributed by atoms with E-state index < -0.39 is 0 Å². The summed E-state index contributed by atoms with van der Waals surface area (Å²) in [6.45, 7) is 8.80. The second kappa shape index (κ2) is 6.55. The fourth-order valence-corrected chi connectivity index (χ4v) is 2.11. The fourth-order valence-electron chi connectivity index (χ4n) is 1.86. The standard InChI is InChI=1S/C13H21N3S/c1-9(2)12(10(3)4)16-13(17)15-11-6-5-7-14-8-11/h5-10,12H,1-4H3,(H2,15,16,17). The Morgan fingerprint density at radius 1 is 1.24 bits per heavy atom. The molecule has 0 spiro atoms. The summed E-state index contributed by atoms with van der Waals surface area (Å²) in [6, 6.07) is 4.21. The third-order valence-electron chi connectivity index (χ3n) is 2.65. The largest absolute Gasteiger partial charge is 0.359 e. The minimum absolute atomic E-state index is 0.381. The Morgan fingerprint density at radius 2 is 1.88 bits per heavy atom. The lowest BCUT2D eigenvalue weighted by Gasteiger charge is -2.27. The molecule has 3 nitrogen and oxygen atoms in total. The Labute approximate surface area is 109 Å². The van der Waals surface area contributed by atoms with E-state index in [9.17, 15) is 0 Å². The molecule has 1 rings (SSSR count). The van der Waals surface area contributed by atoms with Crippen molar-refractivity contribution < 1.29 is 0 Å². The highest BCUT2D eigenvalue weighted by Gasteiger charge is 2.17. The van der Waals surface area contributed by atoms with Crippen LogP contribution in [0.1, 0.15) is 27.7 Å². The van der Waals surface area contributed by atoms with E-state index in [4.69, 9.17) is 12.2 Å². The fraction of sp³-hybridized carbons (Fsp3) is 0.538. The van der Waals surface area contributed by atoms with Crippen LogP contribution in [0.25, 0.3) is 0 Å². The lowest BCUT2D eigenvalue weighted by molar-refractivity contribution is 0.356. The van der Waals surface area contributed by atoms with Crippen molar-refractivity contribution in [3.8, 4) is 0 Å². The summed E-state index contributed by atoms with van der Waals surface area (Å²) in [5, 5.41) is 7.15. The number of nitrogens with one attached hydrogen (secondary N) is 2. The van der Waals surface area contributed by atoms with Gasteiger partial charge in [-0.3, -0.25) is 4.98 Å². The molecule has 0 saturated carbocycles. The van der Waals surface area contributed by atoms with Crippen LogP contribution >= 0.6 is 12.2 Å². The molecule has 0 aliphatic carbocycles. The maximum absolute atomic E-state index is 5.30. The number of hydrogen-bond donors (Lipinski definition) is 2. The molecule has 0 aromatic carbocycles. The predicted octanol–water partition coefficient (Wildman–Crippen LogP) is 3.05. The molecule has 0 atom stereocenters. The third kappa shape index (κ3) is 4.69. The molecule has 4 heteroatoms. The van der Waals surface area contributed by atoms with E-state index in [2.05, 4.69) is 43.3 Å². The molecule has 0 saturated heterocycles. The Hall–Kier alpha value is -1.16. The van der Waals surface area contributed by atoms with Crippen molar-refractivity contribution in [3.63, 3.8) is 0 Å². The summed E-state index contributed by atoms with van der Waals surface area (Å²) in [7, 11) is 0. The van der Waals surface area contributed by atoms with E-state index in [1.165, 1.54) is 0 Å². The minimum Gasteiger partial charge on any atom is -0.359 e. The van der Waals surface area contributed by atoms with Gasteiger partial charge in [0, 0.05) is 12.2 Å². The van der Waals surface area contributed by atoms with Gasteiger partial charge in [-0.25, -0.2) is 0 Å². The van der Waals surface area contributed by atoms with Crippen molar-refractivity contribution in [1.29, 1.82) is 0 Å². The van der Waals surface area contributed by atoms with Crippen molar-refractivity contribution in [3.05, 3.63) is 24.5 Å². The Morgan fingerprint density at radius 3 is 2.35 bits per heavy atom. The maximum Gasteiger partial charge on any atom is 0.171 e. The van der Waals surface area contributed by atoms with Gasteiger partial charge in [-0.15, -0.1) is 0 Å². The van der Waals surface area contributed by atoms with E-state index in [-0.39, 0.29) is 0 Å². The van der Waals surface area contributed by atoms with Crippen LogP contribution in [0.5, 0.6) is 0 Å². The molecule has 94 valence electrons. The highest BCUT2D eigenvalue weighted by atomic mass is 32.1. The van der Waals surface area contributed by atoms with Crippen molar-refractivity contribution in [2.45, 2.75) is 33.7 Å². The molecular weight excluding hydrogens is 230 g/mol. The average molecular weight is 251 g/mol. The van der Waals surface area contributed by atoms with E-state index in [1.54, 1.807) is 12.4 Å². The predicted molar refractivity (Wildman–Crippen MR) is 77.1 cm³/mol. The zero-order valence-corrected chi connectivity index (χ0v) is 11.7. The topological polar surface area (TPSA) is 37.0 Å². The number of aromatic nitrogens is 1. The highest BCUT2D eigenvalue weighted by Crippen LogP contribution is 2.12. The first kappa shape index (κ1) is 13.9. The molecule has 0 radical (unpaired) electrons. The Bertz CT molecular complexity index is 341. The Balaban J connectivity index is 2.54. The zero-order chi connectivity index (χ0) is 12.8. The third-order valence-corrected chi connectivity index (χ3v) is 2.87. The molecule has 1 aromatic rings. The van der Waals surface area contributed by atoms with Gasteiger partial charge in [-0.2, -0.15) is 0 Å². The summed E-state index contributed by atoms with van der Waals surface area (Å²) in [6.07, 6.45) is 3.50. The van der Waals surface area contributed by atoms with Gasteiger partial charge in [-0.05, 0) is 36.2 Å². The SMILES string of the molecule is CC(C)C(NC(=S)Nc1cccnc1)C(C)C. The molecule has 2 N–H and O–H groups in total. The first-order valence-corrected chi connectivity index (χ1v) is 6.39. The summed E-state index contributed by atoms with van der Waals surface area (Å²) in [4.78, 5) is 4.04. The molecule has 0 fully saturated rings. The molecule has 17 heavy (non-hydrogen) atoms. The van der Waals surface area contributed by atoms with Gasteiger partial charge in [0.25, 0.3) is 0 Å². The van der Waals surface area contributed by atoms with Crippen LogP contribution in [0.4, 0.5) is 5.69 Å². The van der Waals surface area contributed by atoms with E-state index in [0.29, 0.717) is 23.0 Å². The van der Waals surface area contributed by atoms with E-state index in [1.807, 2.05) is 12.1 Å². The van der Waals surface area contributed by atoms with Crippen molar-refractivity contribution in [1.82, 2.24) is 10.3 Å². The van der Waals surface area contributed by atoms with Crippen LogP contribution in [0.2, 0.25) is 0 Å². The molecule has 0 amide bonds. The number of pyridine rings is 1. The molecule has 0 aliphatic rings. The van der Waals surface area contributed by atoms with Gasteiger partial charge >= 0.3 is 0 Å². The molecular formula is C13H21N3S. The van der Waals surface area contributed by atoms with Gasteiger partial charge in [0.05, 0.1) is 11.9 Å². The second-order valence-corrected chi connectivity index (χ2v) is 5.26. The van der Waals surface area contributed by atoms with Gasteiger partial charge in [0.2, 0.25) is 0 Å². The van der Waals surface area contributed by atoms with Crippen LogP contribution in [0, 0.1) is 11.8 Å². The van der Waals surface area contributed by atoms with Crippen molar-refractivity contribution in [2.75, 3.05) is 5.32 Å². The zero-order valence-electron chi connectivity index (χ0n) is 10.9. The number of hydrogen-bond acceptors (Lipinski definition) is 2. The van der Waals surface area contributed by atoms with Gasteiger partial charge in [0.1, 0.15) is 0 Å². The molecule has 0 bridgehead atoms. The summed E-state index contributed by atoms with van der Waals surface area (Å²) in [5.41, 5.74) is 0.913. The van der Waals surface area contributed by atoms with Crippen molar-refractivity contribution in [2.24, 2.45) is 11.8 Å². The van der Waals surface area contributed by atoms with Crippen LogP contribution < -0.4 is 10.6 Å². The summed E-state index contributed by atoms with van der Waals surface area (Å²) in [5.74, 6) is 1.09. The lowest BCUT2D eigenvalue weighted by Crippen LogP contribution is -2.44. The van der Waals surface area contributed by atoms with Crippen molar-refractivity contribution >= 4 is 23.0 Å². The lowest BCUT2D eigenvalue weighted by atomic mass is 9.93. The second-order valence-electron chi connectivity index (χ2n) is 4.85. The maximum atomic E-state index is 5.30. The normalized spacial score (nSPS) is 11.0. The number of thiocarbonyl (C=S) groups is 1. The van der Waals surface area contributed by atoms with Gasteiger partial charge < -0.3 is 10.6 Å². The highest BCUT2D eigenvalue weighted by molar-refractivity contribution is 7.80.